The summed E-state index contributed by atoms with van der Waals surface area (Å²) < 4.78 is 31.5. The lowest BCUT2D eigenvalue weighted by Gasteiger charge is -2.12. The number of hydrogen-bond acceptors (Lipinski definition) is 5. The number of sulfonamides is 1. The fraction of sp³-hybridized carbons (Fsp3) is 0.500. The van der Waals surface area contributed by atoms with Crippen LogP contribution in [0.5, 0.6) is 5.75 Å². The van der Waals surface area contributed by atoms with Crippen LogP contribution in [0.2, 0.25) is 0 Å². The molecular weight excluding hydrogens is 294 g/mol. The van der Waals surface area contributed by atoms with Gasteiger partial charge in [-0.25, -0.2) is 17.9 Å². The number of esters is 1. The summed E-state index contributed by atoms with van der Waals surface area (Å²) in [5.74, 6) is -0.714. The smallest absolute Gasteiger partial charge is 0.341 e. The van der Waals surface area contributed by atoms with Gasteiger partial charge in [0.1, 0.15) is 11.3 Å². The fourth-order valence-corrected chi connectivity index (χ4v) is 3.62. The average molecular weight is 313 g/mol. The highest BCUT2D eigenvalue weighted by atomic mass is 32.2. The van der Waals surface area contributed by atoms with Crippen LogP contribution in [0.4, 0.5) is 0 Å². The minimum absolute atomic E-state index is 0.0568. The highest BCUT2D eigenvalue weighted by molar-refractivity contribution is 7.89. The topological polar surface area (TPSA) is 92.7 Å². The Hall–Kier alpha value is -1.60. The molecule has 1 aromatic carbocycles. The van der Waals surface area contributed by atoms with E-state index < -0.39 is 16.0 Å². The van der Waals surface area contributed by atoms with Gasteiger partial charge in [-0.3, -0.25) is 0 Å². The quantitative estimate of drug-likeness (QED) is 0.806. The van der Waals surface area contributed by atoms with Gasteiger partial charge in [0.25, 0.3) is 0 Å². The molecule has 0 unspecified atom stereocenters. The second-order valence-electron chi connectivity index (χ2n) is 5.17. The molecule has 2 rings (SSSR count). The lowest BCUT2D eigenvalue weighted by atomic mass is 10.1. The van der Waals surface area contributed by atoms with Gasteiger partial charge < -0.3 is 9.84 Å². The number of nitrogens with one attached hydrogen (secondary N) is 1. The van der Waals surface area contributed by atoms with E-state index >= 15 is 0 Å². The lowest BCUT2D eigenvalue weighted by molar-refractivity contribution is 0.0597. The van der Waals surface area contributed by atoms with Crippen molar-refractivity contribution < 1.29 is 23.1 Å². The van der Waals surface area contributed by atoms with Crippen LogP contribution in [-0.4, -0.2) is 33.1 Å². The van der Waals surface area contributed by atoms with Crippen molar-refractivity contribution in [2.45, 2.75) is 30.6 Å². The van der Waals surface area contributed by atoms with Gasteiger partial charge in [-0.05, 0) is 37.0 Å². The third kappa shape index (κ3) is 3.74. The molecule has 0 aromatic heterocycles. The Labute approximate surface area is 124 Å². The molecule has 1 saturated carbocycles. The van der Waals surface area contributed by atoms with E-state index in [4.69, 9.17) is 0 Å². The highest BCUT2D eigenvalue weighted by Gasteiger charge is 2.22. The van der Waals surface area contributed by atoms with Gasteiger partial charge >= 0.3 is 5.97 Å². The van der Waals surface area contributed by atoms with E-state index in [0.29, 0.717) is 12.5 Å². The van der Waals surface area contributed by atoms with E-state index in [1.165, 1.54) is 19.2 Å². The van der Waals surface area contributed by atoms with E-state index in [2.05, 4.69) is 9.46 Å². The summed E-state index contributed by atoms with van der Waals surface area (Å²) >= 11 is 0. The number of methoxy groups -OCH3 is 1. The maximum atomic E-state index is 12.2. The highest BCUT2D eigenvalue weighted by Crippen LogP contribution is 2.25. The molecule has 2 N–H and O–H groups in total. The van der Waals surface area contributed by atoms with Crippen molar-refractivity contribution in [3.05, 3.63) is 23.8 Å². The van der Waals surface area contributed by atoms with Crippen LogP contribution in [0.15, 0.2) is 23.1 Å². The average Bonchev–Trinajstić information content (AvgIpc) is 2.98. The summed E-state index contributed by atoms with van der Waals surface area (Å²) in [6, 6.07) is 3.56. The maximum Gasteiger partial charge on any atom is 0.341 e. The van der Waals surface area contributed by atoms with Crippen molar-refractivity contribution in [3.8, 4) is 5.75 Å². The number of aromatic hydroxyl groups is 1. The number of phenolic OH excluding ortho intramolecular Hbond substituents is 1. The van der Waals surface area contributed by atoms with Crippen molar-refractivity contribution in [3.63, 3.8) is 0 Å². The maximum absolute atomic E-state index is 12.2. The Bertz CT molecular complexity index is 620. The Morgan fingerprint density at radius 2 is 2.05 bits per heavy atom. The van der Waals surface area contributed by atoms with Crippen LogP contribution in [0.1, 0.15) is 36.0 Å². The van der Waals surface area contributed by atoms with Gasteiger partial charge in [-0.15, -0.1) is 0 Å². The second-order valence-corrected chi connectivity index (χ2v) is 6.94. The van der Waals surface area contributed by atoms with Crippen LogP contribution >= 0.6 is 0 Å². The molecule has 1 fully saturated rings. The summed E-state index contributed by atoms with van der Waals surface area (Å²) in [4.78, 5) is 11.4. The monoisotopic (exact) mass is 313 g/mol. The first kappa shape index (κ1) is 15.8. The molecular formula is C14H19NO5S. The molecule has 116 valence electrons. The molecule has 0 aliphatic heterocycles. The molecule has 0 heterocycles. The zero-order chi connectivity index (χ0) is 15.5. The number of phenols is 1. The van der Waals surface area contributed by atoms with Crippen molar-refractivity contribution >= 4 is 16.0 Å². The summed E-state index contributed by atoms with van der Waals surface area (Å²) in [5.41, 5.74) is -0.166. The van der Waals surface area contributed by atoms with Crippen molar-refractivity contribution in [1.29, 1.82) is 0 Å². The lowest BCUT2D eigenvalue weighted by Crippen LogP contribution is -2.28. The van der Waals surface area contributed by atoms with E-state index in [0.717, 1.165) is 31.7 Å². The van der Waals surface area contributed by atoms with Crippen LogP contribution in [-0.2, 0) is 14.8 Å². The molecule has 1 aliphatic rings. The minimum Gasteiger partial charge on any atom is -0.507 e. The standard InChI is InChI=1S/C14H19NO5S/c1-20-14(17)12-8-11(6-7-13(12)16)21(18,19)15-9-10-4-2-3-5-10/h6-8,10,15-16H,2-5,9H2,1H3. The van der Waals surface area contributed by atoms with Gasteiger partial charge in [0.05, 0.1) is 12.0 Å². The molecule has 7 heteroatoms. The molecule has 6 nitrogen and oxygen atoms in total. The van der Waals surface area contributed by atoms with Crippen molar-refractivity contribution in [2.24, 2.45) is 5.92 Å². The van der Waals surface area contributed by atoms with Crippen LogP contribution in [0.25, 0.3) is 0 Å². The van der Waals surface area contributed by atoms with Crippen LogP contribution < -0.4 is 4.72 Å². The molecule has 1 aliphatic carbocycles. The van der Waals surface area contributed by atoms with Crippen LogP contribution in [0.3, 0.4) is 0 Å². The summed E-state index contributed by atoms with van der Waals surface area (Å²) in [6.07, 6.45) is 4.34. The number of carbonyl (C=O) groups is 1. The molecule has 0 spiro atoms. The van der Waals surface area contributed by atoms with Gasteiger partial charge in [0, 0.05) is 6.54 Å². The number of rotatable bonds is 5. The summed E-state index contributed by atoms with van der Waals surface area (Å²) in [7, 11) is -2.53. The van der Waals surface area contributed by atoms with Gasteiger partial charge in [-0.1, -0.05) is 12.8 Å². The Kier molecular flexibility index (Phi) is 4.84. The molecule has 0 radical (unpaired) electrons. The zero-order valence-corrected chi connectivity index (χ0v) is 12.6. The largest absolute Gasteiger partial charge is 0.507 e. The summed E-state index contributed by atoms with van der Waals surface area (Å²) in [6.45, 7) is 0.400. The predicted molar refractivity (Wildman–Crippen MR) is 76.6 cm³/mol. The first-order chi connectivity index (χ1) is 9.94. The number of benzene rings is 1. The van der Waals surface area contributed by atoms with Gasteiger partial charge in [-0.2, -0.15) is 0 Å². The Balaban J connectivity index is 2.17. The third-order valence-electron chi connectivity index (χ3n) is 3.72. The first-order valence-electron chi connectivity index (χ1n) is 6.85. The van der Waals surface area contributed by atoms with E-state index in [-0.39, 0.29) is 16.2 Å². The molecule has 21 heavy (non-hydrogen) atoms. The Morgan fingerprint density at radius 1 is 1.38 bits per heavy atom. The van der Waals surface area contributed by atoms with E-state index in [1.54, 1.807) is 0 Å². The minimum atomic E-state index is -3.70. The van der Waals surface area contributed by atoms with Crippen molar-refractivity contribution in [2.75, 3.05) is 13.7 Å². The zero-order valence-electron chi connectivity index (χ0n) is 11.8. The van der Waals surface area contributed by atoms with Crippen molar-refractivity contribution in [1.82, 2.24) is 4.72 Å². The van der Waals surface area contributed by atoms with Gasteiger partial charge in [0.15, 0.2) is 0 Å². The Morgan fingerprint density at radius 3 is 2.67 bits per heavy atom. The number of ether oxygens (including phenoxy) is 1. The van der Waals surface area contributed by atoms with E-state index in [9.17, 15) is 18.3 Å². The van der Waals surface area contributed by atoms with E-state index in [1.807, 2.05) is 0 Å². The predicted octanol–water partition coefficient (Wildman–Crippen LogP) is 1.65. The molecule has 0 atom stereocenters. The van der Waals surface area contributed by atoms with Gasteiger partial charge in [0.2, 0.25) is 10.0 Å². The first-order valence-corrected chi connectivity index (χ1v) is 8.33. The van der Waals surface area contributed by atoms with Crippen LogP contribution in [0, 0.1) is 5.92 Å². The molecule has 0 amide bonds. The third-order valence-corrected chi connectivity index (χ3v) is 5.14. The molecule has 1 aromatic rings. The molecule has 0 saturated heterocycles. The number of hydrogen-bond donors (Lipinski definition) is 2. The fourth-order valence-electron chi connectivity index (χ4n) is 2.48. The molecule has 0 bridgehead atoms. The second kappa shape index (κ2) is 6.44. The summed E-state index contributed by atoms with van der Waals surface area (Å²) in [5, 5.41) is 9.59. The number of carbonyl (C=O) groups excluding carboxylic acids is 1. The normalized spacial score (nSPS) is 16.0. The SMILES string of the molecule is COC(=O)c1cc(S(=O)(=O)NCC2CCCC2)ccc1O.